The zero-order valence-corrected chi connectivity index (χ0v) is 10.9. The number of benzene rings is 1. The molecule has 0 aliphatic heterocycles. The summed E-state index contributed by atoms with van der Waals surface area (Å²) in [6.07, 6.45) is -0.814. The number of carboxylic acids is 1. The van der Waals surface area contributed by atoms with E-state index < -0.39 is 12.1 Å². The van der Waals surface area contributed by atoms with Crippen LogP contribution in [0.1, 0.15) is 25.5 Å². The normalized spacial score (nSPS) is 13.6. The van der Waals surface area contributed by atoms with Gasteiger partial charge in [-0.1, -0.05) is 12.1 Å². The molecule has 0 aliphatic rings. The van der Waals surface area contributed by atoms with Gasteiger partial charge < -0.3 is 20.8 Å². The molecule has 6 heteroatoms. The van der Waals surface area contributed by atoms with Crippen LogP contribution in [0.15, 0.2) is 24.3 Å². The largest absolute Gasteiger partial charge is 0.480 e. The maximum Gasteiger partial charge on any atom is 0.317 e. The second-order valence-electron chi connectivity index (χ2n) is 4.31. The van der Waals surface area contributed by atoms with Gasteiger partial charge in [-0.25, -0.2) is 0 Å². The smallest absolute Gasteiger partial charge is 0.317 e. The second kappa shape index (κ2) is 6.86. The molecule has 0 fully saturated rings. The molecule has 1 amide bonds. The zero-order valence-electron chi connectivity index (χ0n) is 10.9. The standard InChI is InChI=1S/C13H18N2O4/c1-8(14-7-12(17)18)13(19)10-3-5-11(6-4-10)15-9(2)16/h3-6,8,13-14,19H,7H2,1-2H3,(H,15,16)(H,17,18). The summed E-state index contributed by atoms with van der Waals surface area (Å²) in [5.74, 6) is -1.13. The van der Waals surface area contributed by atoms with Crippen LogP contribution < -0.4 is 10.6 Å². The first kappa shape index (κ1) is 15.1. The Hall–Kier alpha value is -1.92. The molecule has 19 heavy (non-hydrogen) atoms. The highest BCUT2D eigenvalue weighted by Crippen LogP contribution is 2.19. The quantitative estimate of drug-likeness (QED) is 0.608. The van der Waals surface area contributed by atoms with Crippen molar-refractivity contribution in [2.45, 2.75) is 26.0 Å². The molecule has 0 heterocycles. The lowest BCUT2D eigenvalue weighted by molar-refractivity contribution is -0.136. The number of carbonyl (C=O) groups excluding carboxylic acids is 1. The summed E-state index contributed by atoms with van der Waals surface area (Å²) in [5.41, 5.74) is 1.30. The summed E-state index contributed by atoms with van der Waals surface area (Å²) in [7, 11) is 0. The predicted molar refractivity (Wildman–Crippen MR) is 70.8 cm³/mol. The molecule has 0 saturated carbocycles. The van der Waals surface area contributed by atoms with Crippen molar-refractivity contribution >= 4 is 17.6 Å². The summed E-state index contributed by atoms with van der Waals surface area (Å²) in [4.78, 5) is 21.3. The lowest BCUT2D eigenvalue weighted by Crippen LogP contribution is -2.35. The van der Waals surface area contributed by atoms with E-state index >= 15 is 0 Å². The first-order chi connectivity index (χ1) is 8.90. The molecule has 4 N–H and O–H groups in total. The van der Waals surface area contributed by atoms with Crippen LogP contribution in [0.25, 0.3) is 0 Å². The van der Waals surface area contributed by atoms with E-state index in [9.17, 15) is 14.7 Å². The van der Waals surface area contributed by atoms with Crippen LogP contribution in [0, 0.1) is 0 Å². The highest BCUT2D eigenvalue weighted by Gasteiger charge is 2.16. The maximum absolute atomic E-state index is 10.9. The number of nitrogens with one attached hydrogen (secondary N) is 2. The SMILES string of the molecule is CC(=O)Nc1ccc(C(O)C(C)NCC(=O)O)cc1. The fourth-order valence-electron chi connectivity index (χ4n) is 1.62. The summed E-state index contributed by atoms with van der Waals surface area (Å²) < 4.78 is 0. The molecule has 0 radical (unpaired) electrons. The molecule has 1 aromatic carbocycles. The average Bonchev–Trinajstić information content (AvgIpc) is 2.35. The Morgan fingerprint density at radius 2 is 1.84 bits per heavy atom. The number of aliphatic carboxylic acids is 1. The molecular weight excluding hydrogens is 248 g/mol. The van der Waals surface area contributed by atoms with Gasteiger partial charge in [-0.15, -0.1) is 0 Å². The molecule has 0 aliphatic carbocycles. The van der Waals surface area contributed by atoms with E-state index in [1.165, 1.54) is 6.92 Å². The van der Waals surface area contributed by atoms with Gasteiger partial charge in [0.1, 0.15) is 0 Å². The van der Waals surface area contributed by atoms with E-state index in [1.54, 1.807) is 31.2 Å². The molecule has 0 aromatic heterocycles. The van der Waals surface area contributed by atoms with Gasteiger partial charge in [0.15, 0.2) is 0 Å². The van der Waals surface area contributed by atoms with Crippen molar-refractivity contribution in [2.24, 2.45) is 0 Å². The van der Waals surface area contributed by atoms with E-state index in [0.29, 0.717) is 11.3 Å². The lowest BCUT2D eigenvalue weighted by Gasteiger charge is -2.20. The van der Waals surface area contributed by atoms with Gasteiger partial charge in [0, 0.05) is 18.7 Å². The fourth-order valence-corrected chi connectivity index (χ4v) is 1.62. The van der Waals surface area contributed by atoms with Crippen molar-refractivity contribution in [1.82, 2.24) is 5.32 Å². The Morgan fingerprint density at radius 3 is 2.32 bits per heavy atom. The predicted octanol–water partition coefficient (Wildman–Crippen LogP) is 0.741. The number of anilines is 1. The number of hydrogen-bond acceptors (Lipinski definition) is 4. The molecule has 2 unspecified atom stereocenters. The van der Waals surface area contributed by atoms with Crippen molar-refractivity contribution < 1.29 is 19.8 Å². The minimum atomic E-state index is -0.972. The van der Waals surface area contributed by atoms with Gasteiger partial charge in [0.25, 0.3) is 0 Å². The second-order valence-corrected chi connectivity index (χ2v) is 4.31. The van der Waals surface area contributed by atoms with Gasteiger partial charge in [-0.05, 0) is 24.6 Å². The van der Waals surface area contributed by atoms with E-state index in [2.05, 4.69) is 10.6 Å². The van der Waals surface area contributed by atoms with Crippen LogP contribution in [0.4, 0.5) is 5.69 Å². The van der Waals surface area contributed by atoms with Crippen molar-refractivity contribution in [3.8, 4) is 0 Å². The van der Waals surface area contributed by atoms with E-state index in [-0.39, 0.29) is 18.5 Å². The summed E-state index contributed by atoms with van der Waals surface area (Å²) >= 11 is 0. The summed E-state index contributed by atoms with van der Waals surface area (Å²) in [6, 6.07) is 6.36. The number of carbonyl (C=O) groups is 2. The van der Waals surface area contributed by atoms with Crippen LogP contribution in [0.3, 0.4) is 0 Å². The third-order valence-electron chi connectivity index (χ3n) is 2.62. The van der Waals surface area contributed by atoms with Crippen LogP contribution in [0.2, 0.25) is 0 Å². The van der Waals surface area contributed by atoms with Crippen molar-refractivity contribution in [3.63, 3.8) is 0 Å². The molecule has 1 aromatic rings. The molecule has 0 saturated heterocycles. The van der Waals surface area contributed by atoms with Gasteiger partial charge in [-0.2, -0.15) is 0 Å². The monoisotopic (exact) mass is 266 g/mol. The molecular formula is C13H18N2O4. The maximum atomic E-state index is 10.9. The third-order valence-corrected chi connectivity index (χ3v) is 2.62. The molecule has 1 rings (SSSR count). The molecule has 6 nitrogen and oxygen atoms in total. The number of aliphatic hydroxyl groups excluding tert-OH is 1. The van der Waals surface area contributed by atoms with Crippen LogP contribution in [-0.4, -0.2) is 34.7 Å². The third kappa shape index (κ3) is 5.07. The molecule has 2 atom stereocenters. The van der Waals surface area contributed by atoms with Crippen molar-refractivity contribution in [1.29, 1.82) is 0 Å². The number of rotatable bonds is 6. The van der Waals surface area contributed by atoms with Crippen LogP contribution in [0.5, 0.6) is 0 Å². The fraction of sp³-hybridized carbons (Fsp3) is 0.385. The molecule has 104 valence electrons. The average molecular weight is 266 g/mol. The van der Waals surface area contributed by atoms with E-state index in [4.69, 9.17) is 5.11 Å². The molecule has 0 bridgehead atoms. The van der Waals surface area contributed by atoms with Gasteiger partial charge in [0.2, 0.25) is 5.91 Å². The minimum Gasteiger partial charge on any atom is -0.480 e. The van der Waals surface area contributed by atoms with E-state index in [1.807, 2.05) is 0 Å². The highest BCUT2D eigenvalue weighted by molar-refractivity contribution is 5.88. The van der Waals surface area contributed by atoms with Gasteiger partial charge in [-0.3, -0.25) is 9.59 Å². The Bertz CT molecular complexity index is 444. The molecule has 0 spiro atoms. The summed E-state index contributed by atoms with van der Waals surface area (Å²) in [6.45, 7) is 2.91. The van der Waals surface area contributed by atoms with Crippen molar-refractivity contribution in [2.75, 3.05) is 11.9 Å². The number of aliphatic hydroxyl groups is 1. The Kier molecular flexibility index (Phi) is 5.47. The van der Waals surface area contributed by atoms with Gasteiger partial charge in [0.05, 0.1) is 12.6 Å². The summed E-state index contributed by atoms with van der Waals surface area (Å²) in [5, 5.41) is 23.9. The zero-order chi connectivity index (χ0) is 14.4. The minimum absolute atomic E-state index is 0.162. The van der Waals surface area contributed by atoms with Crippen LogP contribution in [-0.2, 0) is 9.59 Å². The Labute approximate surface area is 111 Å². The van der Waals surface area contributed by atoms with Crippen molar-refractivity contribution in [3.05, 3.63) is 29.8 Å². The first-order valence-corrected chi connectivity index (χ1v) is 5.91. The first-order valence-electron chi connectivity index (χ1n) is 5.91. The topological polar surface area (TPSA) is 98.7 Å². The van der Waals surface area contributed by atoms with Gasteiger partial charge >= 0.3 is 5.97 Å². The van der Waals surface area contributed by atoms with E-state index in [0.717, 1.165) is 0 Å². The number of hydrogen-bond donors (Lipinski definition) is 4. The number of amides is 1. The Morgan fingerprint density at radius 1 is 1.26 bits per heavy atom. The highest BCUT2D eigenvalue weighted by atomic mass is 16.4. The van der Waals surface area contributed by atoms with Crippen LogP contribution >= 0.6 is 0 Å². The Balaban J connectivity index is 2.63. The number of carboxylic acid groups (broad SMARTS) is 1. The lowest BCUT2D eigenvalue weighted by atomic mass is 10.0.